The van der Waals surface area contributed by atoms with E-state index >= 15 is 0 Å². The molecule has 0 saturated carbocycles. The maximum absolute atomic E-state index is 6.22. The summed E-state index contributed by atoms with van der Waals surface area (Å²) in [7, 11) is 0. The number of hydrogen-bond donors (Lipinski definition) is 0. The maximum atomic E-state index is 6.22. The molecule has 5 atom stereocenters. The third kappa shape index (κ3) is 3.60. The molecule has 3 heterocycles. The molecule has 3 fully saturated rings. The topological polar surface area (TPSA) is 55.4 Å². The van der Waals surface area contributed by atoms with Crippen LogP contribution in [0.1, 0.15) is 33.3 Å². The highest BCUT2D eigenvalue weighted by Gasteiger charge is 2.58. The summed E-state index contributed by atoms with van der Waals surface area (Å²) in [4.78, 5) is 0. The van der Waals surface area contributed by atoms with Crippen molar-refractivity contribution in [2.24, 2.45) is 0 Å². The van der Waals surface area contributed by atoms with Crippen LogP contribution in [-0.2, 0) is 35.0 Å². The van der Waals surface area contributed by atoms with Crippen molar-refractivity contribution in [2.75, 3.05) is 6.61 Å². The van der Waals surface area contributed by atoms with Gasteiger partial charge in [0.1, 0.15) is 24.4 Å². The summed E-state index contributed by atoms with van der Waals surface area (Å²) in [6.45, 7) is 8.52. The van der Waals surface area contributed by atoms with Gasteiger partial charge in [-0.3, -0.25) is 0 Å². The number of fused-ring (bicyclic) bond motifs is 1. The molecule has 6 heteroatoms. The predicted octanol–water partition coefficient (Wildman–Crippen LogP) is 2.60. The highest BCUT2D eigenvalue weighted by molar-refractivity contribution is 5.13. The highest BCUT2D eigenvalue weighted by Crippen LogP contribution is 2.42. The van der Waals surface area contributed by atoms with Crippen LogP contribution in [0.25, 0.3) is 0 Å². The van der Waals surface area contributed by atoms with Crippen LogP contribution in [0, 0.1) is 0 Å². The lowest BCUT2D eigenvalue weighted by molar-refractivity contribution is -0.236. The molecule has 1 aromatic rings. The molecule has 3 aliphatic heterocycles. The van der Waals surface area contributed by atoms with Gasteiger partial charge in [-0.15, -0.1) is 0 Å². The molecule has 25 heavy (non-hydrogen) atoms. The molecule has 0 N–H and O–H groups in total. The van der Waals surface area contributed by atoms with E-state index in [4.69, 9.17) is 28.4 Å². The molecular weight excluding hydrogens is 324 g/mol. The Labute approximate surface area is 148 Å². The fourth-order valence-corrected chi connectivity index (χ4v) is 3.64. The van der Waals surface area contributed by atoms with Crippen molar-refractivity contribution in [3.63, 3.8) is 0 Å². The molecule has 3 aliphatic rings. The van der Waals surface area contributed by atoms with E-state index in [9.17, 15) is 0 Å². The summed E-state index contributed by atoms with van der Waals surface area (Å²) < 4.78 is 36.0. The molecular formula is C19H26O6. The minimum Gasteiger partial charge on any atom is -0.368 e. The van der Waals surface area contributed by atoms with E-state index in [1.807, 2.05) is 58.0 Å². The van der Waals surface area contributed by atoms with Crippen molar-refractivity contribution in [3.05, 3.63) is 35.9 Å². The first-order valence-electron chi connectivity index (χ1n) is 8.81. The summed E-state index contributed by atoms with van der Waals surface area (Å²) >= 11 is 0. The molecule has 0 amide bonds. The van der Waals surface area contributed by atoms with Crippen LogP contribution in [-0.4, -0.2) is 48.9 Å². The molecule has 6 nitrogen and oxygen atoms in total. The van der Waals surface area contributed by atoms with Crippen molar-refractivity contribution < 1.29 is 28.4 Å². The molecule has 0 aromatic heterocycles. The number of ether oxygens (including phenoxy) is 6. The van der Waals surface area contributed by atoms with Crippen LogP contribution in [0.4, 0.5) is 0 Å². The Morgan fingerprint density at radius 3 is 2.40 bits per heavy atom. The van der Waals surface area contributed by atoms with Gasteiger partial charge < -0.3 is 28.4 Å². The average molecular weight is 350 g/mol. The van der Waals surface area contributed by atoms with E-state index in [0.717, 1.165) is 5.56 Å². The number of hydrogen-bond acceptors (Lipinski definition) is 6. The lowest BCUT2D eigenvalue weighted by Gasteiger charge is -2.29. The van der Waals surface area contributed by atoms with E-state index in [0.29, 0.717) is 13.2 Å². The maximum Gasteiger partial charge on any atom is 0.190 e. The van der Waals surface area contributed by atoms with Crippen LogP contribution in [0.2, 0.25) is 0 Å². The zero-order valence-corrected chi connectivity index (χ0v) is 15.1. The van der Waals surface area contributed by atoms with E-state index < -0.39 is 17.9 Å². The largest absolute Gasteiger partial charge is 0.368 e. The fourth-order valence-electron chi connectivity index (χ4n) is 3.64. The first-order valence-corrected chi connectivity index (χ1v) is 8.81. The van der Waals surface area contributed by atoms with Crippen molar-refractivity contribution >= 4 is 0 Å². The van der Waals surface area contributed by atoms with Gasteiger partial charge in [-0.2, -0.15) is 0 Å². The van der Waals surface area contributed by atoms with Crippen molar-refractivity contribution in [2.45, 2.75) is 76.6 Å². The van der Waals surface area contributed by atoms with Crippen LogP contribution in [0.3, 0.4) is 0 Å². The van der Waals surface area contributed by atoms with E-state index in [1.165, 1.54) is 0 Å². The Bertz CT molecular complexity index is 601. The lowest BCUT2D eigenvalue weighted by Crippen LogP contribution is -2.44. The van der Waals surface area contributed by atoms with Gasteiger partial charge in [0.05, 0.1) is 13.2 Å². The molecule has 1 unspecified atom stereocenters. The van der Waals surface area contributed by atoms with Gasteiger partial charge in [-0.05, 0) is 33.3 Å². The normalized spacial score (nSPS) is 38.8. The van der Waals surface area contributed by atoms with Gasteiger partial charge in [0, 0.05) is 0 Å². The highest BCUT2D eigenvalue weighted by atomic mass is 16.8. The summed E-state index contributed by atoms with van der Waals surface area (Å²) in [5.74, 6) is -1.29. The van der Waals surface area contributed by atoms with Crippen molar-refractivity contribution in [1.82, 2.24) is 0 Å². The van der Waals surface area contributed by atoms with E-state index in [-0.39, 0.29) is 24.4 Å². The van der Waals surface area contributed by atoms with Gasteiger partial charge in [-0.1, -0.05) is 30.3 Å². The number of rotatable bonds is 4. The Morgan fingerprint density at radius 2 is 1.72 bits per heavy atom. The standard InChI is InChI=1S/C19H26O6/c1-18(2)21-11-13(23-18)14-15(20-10-12-8-6-5-7-9-12)16-17(22-14)25-19(3,4)24-16/h5-9,13-17H,10-11H2,1-4H3/t13-,14?,15-,16+,17+/m0/s1. The second-order valence-corrected chi connectivity index (χ2v) is 7.70. The Balaban J connectivity index is 1.50. The first kappa shape index (κ1) is 17.4. The van der Waals surface area contributed by atoms with Crippen molar-refractivity contribution in [3.8, 4) is 0 Å². The van der Waals surface area contributed by atoms with Crippen LogP contribution >= 0.6 is 0 Å². The smallest absolute Gasteiger partial charge is 0.190 e. The van der Waals surface area contributed by atoms with Gasteiger partial charge in [0.2, 0.25) is 0 Å². The van der Waals surface area contributed by atoms with Crippen molar-refractivity contribution in [1.29, 1.82) is 0 Å². The molecule has 0 radical (unpaired) electrons. The van der Waals surface area contributed by atoms with Gasteiger partial charge in [0.15, 0.2) is 17.9 Å². The Morgan fingerprint density at radius 1 is 0.960 bits per heavy atom. The zero-order chi connectivity index (χ0) is 17.7. The molecule has 138 valence electrons. The third-order valence-corrected chi connectivity index (χ3v) is 4.71. The van der Waals surface area contributed by atoms with Gasteiger partial charge >= 0.3 is 0 Å². The minimum atomic E-state index is -0.680. The molecule has 0 bridgehead atoms. The van der Waals surface area contributed by atoms with Crippen LogP contribution < -0.4 is 0 Å². The lowest BCUT2D eigenvalue weighted by atomic mass is 10.1. The number of benzene rings is 1. The van der Waals surface area contributed by atoms with Gasteiger partial charge in [-0.25, -0.2) is 0 Å². The van der Waals surface area contributed by atoms with E-state index in [1.54, 1.807) is 0 Å². The monoisotopic (exact) mass is 350 g/mol. The SMILES string of the molecule is CC1(C)O[C@H]2OC([C@@H]3COC(C)(C)O3)[C@H](OCc3ccccc3)[C@H]2O1. The second kappa shape index (κ2) is 6.30. The molecule has 3 saturated heterocycles. The summed E-state index contributed by atoms with van der Waals surface area (Å²) in [6.07, 6.45) is -1.52. The molecule has 4 rings (SSSR count). The summed E-state index contributed by atoms with van der Waals surface area (Å²) in [6, 6.07) is 10.1. The third-order valence-electron chi connectivity index (χ3n) is 4.71. The van der Waals surface area contributed by atoms with E-state index in [2.05, 4.69) is 0 Å². The second-order valence-electron chi connectivity index (χ2n) is 7.70. The summed E-state index contributed by atoms with van der Waals surface area (Å²) in [5.41, 5.74) is 1.10. The predicted molar refractivity (Wildman–Crippen MR) is 88.6 cm³/mol. The average Bonchev–Trinajstić information content (AvgIpc) is 3.15. The molecule has 1 aromatic carbocycles. The summed E-state index contributed by atoms with van der Waals surface area (Å²) in [5, 5.41) is 0. The Hall–Kier alpha value is -1.02. The van der Waals surface area contributed by atoms with Crippen LogP contribution in [0.15, 0.2) is 30.3 Å². The quantitative estimate of drug-likeness (QED) is 0.832. The Kier molecular flexibility index (Phi) is 4.38. The van der Waals surface area contributed by atoms with Gasteiger partial charge in [0.25, 0.3) is 0 Å². The fraction of sp³-hybridized carbons (Fsp3) is 0.684. The zero-order valence-electron chi connectivity index (χ0n) is 15.1. The first-order chi connectivity index (χ1) is 11.8. The molecule has 0 spiro atoms. The molecule has 0 aliphatic carbocycles. The minimum absolute atomic E-state index is 0.211. The van der Waals surface area contributed by atoms with Crippen LogP contribution in [0.5, 0.6) is 0 Å².